The van der Waals surface area contributed by atoms with Crippen LogP contribution >= 0.6 is 0 Å². The Balaban J connectivity index is 2.09. The predicted molar refractivity (Wildman–Crippen MR) is 95.8 cm³/mol. The summed E-state index contributed by atoms with van der Waals surface area (Å²) in [5.41, 5.74) is 1.81. The quantitative estimate of drug-likeness (QED) is 0.804. The SMILES string of the molecule is C=CCNC(=O)[C@H]1c2cccc3cccc(c23)[C@@H]1C(=O)NCC=C. The molecular weight excluding hydrogens is 300 g/mol. The molecule has 0 bridgehead atoms. The van der Waals surface area contributed by atoms with Gasteiger partial charge in [0, 0.05) is 13.1 Å². The minimum absolute atomic E-state index is 0.155. The number of hydrogen-bond donors (Lipinski definition) is 2. The third-order valence-corrected chi connectivity index (χ3v) is 4.38. The summed E-state index contributed by atoms with van der Waals surface area (Å²) in [6.07, 6.45) is 3.26. The first-order valence-electron chi connectivity index (χ1n) is 7.97. The Kier molecular flexibility index (Phi) is 4.47. The fraction of sp³-hybridized carbons (Fsp3) is 0.200. The van der Waals surface area contributed by atoms with Crippen LogP contribution in [0.2, 0.25) is 0 Å². The van der Waals surface area contributed by atoms with Gasteiger partial charge in [0.2, 0.25) is 11.8 Å². The molecule has 0 spiro atoms. The van der Waals surface area contributed by atoms with Gasteiger partial charge < -0.3 is 10.6 Å². The maximum absolute atomic E-state index is 12.7. The van der Waals surface area contributed by atoms with Crippen LogP contribution in [0.5, 0.6) is 0 Å². The molecule has 0 fully saturated rings. The Bertz CT molecular complexity index is 761. The summed E-state index contributed by atoms with van der Waals surface area (Å²) in [5, 5.41) is 7.73. The van der Waals surface area contributed by atoms with E-state index in [9.17, 15) is 9.59 Å². The van der Waals surface area contributed by atoms with Gasteiger partial charge in [-0.05, 0) is 21.9 Å². The van der Waals surface area contributed by atoms with Gasteiger partial charge in [0.25, 0.3) is 0 Å². The zero-order chi connectivity index (χ0) is 17.1. The summed E-state index contributed by atoms with van der Waals surface area (Å²) in [7, 11) is 0. The molecule has 4 nitrogen and oxygen atoms in total. The maximum atomic E-state index is 12.7. The van der Waals surface area contributed by atoms with Crippen molar-refractivity contribution < 1.29 is 9.59 Å². The van der Waals surface area contributed by atoms with Gasteiger partial charge in [-0.2, -0.15) is 0 Å². The van der Waals surface area contributed by atoms with E-state index in [2.05, 4.69) is 23.8 Å². The molecule has 2 amide bonds. The molecule has 2 N–H and O–H groups in total. The lowest BCUT2D eigenvalue weighted by Gasteiger charge is -2.20. The van der Waals surface area contributed by atoms with E-state index in [1.54, 1.807) is 12.2 Å². The summed E-state index contributed by atoms with van der Waals surface area (Å²) in [6.45, 7) is 8.01. The lowest BCUT2D eigenvalue weighted by atomic mass is 9.88. The molecule has 0 saturated carbocycles. The number of benzene rings is 2. The van der Waals surface area contributed by atoms with Crippen LogP contribution < -0.4 is 10.6 Å². The van der Waals surface area contributed by atoms with Crippen molar-refractivity contribution in [3.63, 3.8) is 0 Å². The maximum Gasteiger partial charge on any atom is 0.228 e. The fourth-order valence-corrected chi connectivity index (χ4v) is 3.43. The molecule has 0 unspecified atom stereocenters. The van der Waals surface area contributed by atoms with Crippen LogP contribution in [-0.4, -0.2) is 24.9 Å². The van der Waals surface area contributed by atoms with Crippen LogP contribution in [-0.2, 0) is 9.59 Å². The zero-order valence-electron chi connectivity index (χ0n) is 13.4. The van der Waals surface area contributed by atoms with Crippen molar-refractivity contribution in [1.82, 2.24) is 10.6 Å². The molecule has 122 valence electrons. The van der Waals surface area contributed by atoms with Gasteiger partial charge in [-0.3, -0.25) is 9.59 Å². The summed E-state index contributed by atoms with van der Waals surface area (Å²) >= 11 is 0. The third-order valence-electron chi connectivity index (χ3n) is 4.38. The molecule has 0 radical (unpaired) electrons. The summed E-state index contributed by atoms with van der Waals surface area (Å²) < 4.78 is 0. The van der Waals surface area contributed by atoms with Crippen molar-refractivity contribution in [2.75, 3.05) is 13.1 Å². The number of amides is 2. The van der Waals surface area contributed by atoms with Crippen LogP contribution in [0.1, 0.15) is 23.0 Å². The van der Waals surface area contributed by atoms with Crippen molar-refractivity contribution in [3.8, 4) is 0 Å². The van der Waals surface area contributed by atoms with Crippen molar-refractivity contribution >= 4 is 22.6 Å². The van der Waals surface area contributed by atoms with Crippen LogP contribution in [0.25, 0.3) is 10.8 Å². The highest BCUT2D eigenvalue weighted by Gasteiger charge is 2.42. The molecular formula is C20H20N2O2. The number of hydrogen-bond acceptors (Lipinski definition) is 2. The summed E-state index contributed by atoms with van der Waals surface area (Å²) in [5.74, 6) is -1.37. The van der Waals surface area contributed by atoms with Gasteiger partial charge in [-0.15, -0.1) is 13.2 Å². The van der Waals surface area contributed by atoms with Gasteiger partial charge in [0.15, 0.2) is 0 Å². The van der Waals surface area contributed by atoms with E-state index in [1.807, 2.05) is 36.4 Å². The van der Waals surface area contributed by atoms with E-state index in [0.717, 1.165) is 21.9 Å². The van der Waals surface area contributed by atoms with Gasteiger partial charge in [0.1, 0.15) is 0 Å². The van der Waals surface area contributed by atoms with E-state index >= 15 is 0 Å². The second-order valence-corrected chi connectivity index (χ2v) is 5.82. The highest BCUT2D eigenvalue weighted by atomic mass is 16.2. The molecule has 3 rings (SSSR count). The Labute approximate surface area is 141 Å². The van der Waals surface area contributed by atoms with Crippen LogP contribution in [0.15, 0.2) is 61.7 Å². The first-order valence-corrected chi connectivity index (χ1v) is 7.97. The van der Waals surface area contributed by atoms with Gasteiger partial charge in [-0.1, -0.05) is 48.6 Å². The fourth-order valence-electron chi connectivity index (χ4n) is 3.43. The number of rotatable bonds is 6. The van der Waals surface area contributed by atoms with E-state index in [-0.39, 0.29) is 11.8 Å². The Morgan fingerprint density at radius 1 is 0.875 bits per heavy atom. The molecule has 2 aromatic carbocycles. The van der Waals surface area contributed by atoms with Crippen molar-refractivity contribution in [1.29, 1.82) is 0 Å². The molecule has 0 aliphatic heterocycles. The highest BCUT2D eigenvalue weighted by molar-refractivity contribution is 6.06. The Morgan fingerprint density at radius 2 is 1.33 bits per heavy atom. The Morgan fingerprint density at radius 3 is 1.75 bits per heavy atom. The average molecular weight is 320 g/mol. The largest absolute Gasteiger partial charge is 0.352 e. The van der Waals surface area contributed by atoms with E-state index < -0.39 is 11.8 Å². The summed E-state index contributed by atoms with van der Waals surface area (Å²) in [6, 6.07) is 11.7. The highest BCUT2D eigenvalue weighted by Crippen LogP contribution is 2.46. The van der Waals surface area contributed by atoms with E-state index in [4.69, 9.17) is 0 Å². The monoisotopic (exact) mass is 320 g/mol. The van der Waals surface area contributed by atoms with Gasteiger partial charge >= 0.3 is 0 Å². The predicted octanol–water partition coefficient (Wildman–Crippen LogP) is 2.63. The molecule has 2 aromatic rings. The molecule has 2 atom stereocenters. The summed E-state index contributed by atoms with van der Waals surface area (Å²) in [4.78, 5) is 25.5. The van der Waals surface area contributed by atoms with E-state index in [1.165, 1.54) is 0 Å². The normalized spacial score (nSPS) is 18.2. The average Bonchev–Trinajstić information content (AvgIpc) is 2.94. The molecule has 4 heteroatoms. The van der Waals surface area contributed by atoms with E-state index in [0.29, 0.717) is 13.1 Å². The number of nitrogens with one attached hydrogen (secondary N) is 2. The number of carbonyl (C=O) groups excluding carboxylic acids is 2. The topological polar surface area (TPSA) is 58.2 Å². The molecule has 0 aromatic heterocycles. The van der Waals surface area contributed by atoms with Crippen molar-refractivity contribution in [2.45, 2.75) is 11.8 Å². The third kappa shape index (κ3) is 2.60. The zero-order valence-corrected chi connectivity index (χ0v) is 13.4. The minimum atomic E-state index is -0.532. The molecule has 1 aliphatic rings. The lowest BCUT2D eigenvalue weighted by molar-refractivity contribution is -0.128. The van der Waals surface area contributed by atoms with Crippen LogP contribution in [0.4, 0.5) is 0 Å². The van der Waals surface area contributed by atoms with Gasteiger partial charge in [0.05, 0.1) is 11.8 Å². The first-order chi connectivity index (χ1) is 11.7. The van der Waals surface area contributed by atoms with Crippen molar-refractivity contribution in [3.05, 3.63) is 72.8 Å². The smallest absolute Gasteiger partial charge is 0.228 e. The molecule has 1 aliphatic carbocycles. The second-order valence-electron chi connectivity index (χ2n) is 5.82. The lowest BCUT2D eigenvalue weighted by Crippen LogP contribution is -2.37. The van der Waals surface area contributed by atoms with Crippen LogP contribution in [0, 0.1) is 0 Å². The molecule has 0 saturated heterocycles. The molecule has 0 heterocycles. The first kappa shape index (κ1) is 16.0. The standard InChI is InChI=1S/C20H20N2O2/c1-3-11-21-19(23)17-14-9-5-7-13-8-6-10-15(16(13)14)18(17)20(24)22-12-4-2/h3-10,17-18H,1-2,11-12H2,(H,21,23)(H,22,24)/t17-,18-/m0/s1. The van der Waals surface area contributed by atoms with Crippen LogP contribution in [0.3, 0.4) is 0 Å². The van der Waals surface area contributed by atoms with Crippen molar-refractivity contribution in [2.24, 2.45) is 0 Å². The minimum Gasteiger partial charge on any atom is -0.352 e. The van der Waals surface area contributed by atoms with Gasteiger partial charge in [-0.25, -0.2) is 0 Å². The molecule has 24 heavy (non-hydrogen) atoms. The second kappa shape index (κ2) is 6.71. The Hall–Kier alpha value is -2.88. The number of carbonyl (C=O) groups is 2.